The lowest BCUT2D eigenvalue weighted by atomic mass is 10.0. The number of carbonyl (C=O) groups is 2. The number of aromatic nitrogens is 10. The third-order valence-electron chi connectivity index (χ3n) is 15.3. The Kier molecular flexibility index (Phi) is 9.93. The second kappa shape index (κ2) is 16.3. The number of esters is 1. The van der Waals surface area contributed by atoms with Gasteiger partial charge in [0.2, 0.25) is 0 Å². The Morgan fingerprint density at radius 2 is 1.06 bits per heavy atom. The van der Waals surface area contributed by atoms with Crippen LogP contribution in [0, 0.1) is 42.4 Å². The van der Waals surface area contributed by atoms with Gasteiger partial charge in [-0.1, -0.05) is 66.2 Å². The molecule has 2 aliphatic heterocycles. The molecule has 15 nitrogen and oxygen atoms in total. The van der Waals surface area contributed by atoms with E-state index in [4.69, 9.17) is 36.5 Å². The minimum absolute atomic E-state index is 0.0617. The molecule has 354 valence electrons. The van der Waals surface area contributed by atoms with Gasteiger partial charge >= 0.3 is 5.97 Å². The van der Waals surface area contributed by atoms with E-state index in [-0.39, 0.29) is 17.8 Å². The SMILES string of the molecule is CC(=O)C1C2CN(c3ccc(-n4nc(-c5cccc6nn(C)cc56)c5cccc(Cl)c54)cn3)CC21.COC(=O)C1C2CN(c3ccc(-n4nc(-c5cccc6nn(C)cc56)c5cccc(C)c54)cn3)CC21. The van der Waals surface area contributed by atoms with Gasteiger partial charge in [-0.2, -0.15) is 20.4 Å². The van der Waals surface area contributed by atoms with Crippen molar-refractivity contribution in [2.24, 2.45) is 49.6 Å². The molecule has 8 heterocycles. The van der Waals surface area contributed by atoms with Crippen LogP contribution in [0.4, 0.5) is 11.6 Å². The molecule has 0 amide bonds. The maximum Gasteiger partial charge on any atom is 0.309 e. The van der Waals surface area contributed by atoms with Gasteiger partial charge in [-0.3, -0.25) is 19.0 Å². The van der Waals surface area contributed by atoms with Crippen molar-refractivity contribution in [3.05, 3.63) is 132 Å². The molecule has 0 spiro atoms. The summed E-state index contributed by atoms with van der Waals surface area (Å²) in [4.78, 5) is 37.7. The summed E-state index contributed by atoms with van der Waals surface area (Å²) in [6.07, 6.45) is 7.82. The molecule has 4 atom stereocenters. The van der Waals surface area contributed by atoms with E-state index in [2.05, 4.69) is 75.5 Å². The smallest absolute Gasteiger partial charge is 0.309 e. The highest BCUT2D eigenvalue weighted by atomic mass is 35.5. The first kappa shape index (κ1) is 43.1. The first-order chi connectivity index (χ1) is 34.5. The number of anilines is 2. The van der Waals surface area contributed by atoms with Gasteiger partial charge < -0.3 is 14.5 Å². The fourth-order valence-corrected chi connectivity index (χ4v) is 12.1. The van der Waals surface area contributed by atoms with E-state index in [1.807, 2.05) is 106 Å². The molecule has 0 bridgehead atoms. The van der Waals surface area contributed by atoms with Crippen LogP contribution in [0.5, 0.6) is 0 Å². The van der Waals surface area contributed by atoms with Crippen LogP contribution < -0.4 is 9.80 Å². The van der Waals surface area contributed by atoms with Crippen LogP contribution in [0.2, 0.25) is 5.02 Å². The predicted octanol–water partition coefficient (Wildman–Crippen LogP) is 9.04. The van der Waals surface area contributed by atoms with Crippen molar-refractivity contribution in [1.29, 1.82) is 0 Å². The molecule has 2 saturated heterocycles. The second-order valence-corrected chi connectivity index (χ2v) is 20.0. The molecule has 2 aliphatic carbocycles. The number of hydrogen-bond acceptors (Lipinski definition) is 11. The summed E-state index contributed by atoms with van der Waals surface area (Å²) < 4.78 is 12.5. The fourth-order valence-electron chi connectivity index (χ4n) is 11.9. The normalized spacial score (nSPS) is 20.9. The van der Waals surface area contributed by atoms with E-state index >= 15 is 0 Å². The van der Waals surface area contributed by atoms with E-state index in [1.165, 1.54) is 7.11 Å². The summed E-state index contributed by atoms with van der Waals surface area (Å²) >= 11 is 6.70. The van der Waals surface area contributed by atoms with Gasteiger partial charge in [0.1, 0.15) is 28.8 Å². The Labute approximate surface area is 413 Å². The topological polar surface area (TPSA) is 147 Å². The number of hydrogen-bond donors (Lipinski definition) is 0. The number of halogens is 1. The highest BCUT2D eigenvalue weighted by Gasteiger charge is 2.60. The Balaban J connectivity index is 0.000000139. The third kappa shape index (κ3) is 7.07. The molecule has 4 aromatic carbocycles. The number of carbonyl (C=O) groups excluding carboxylic acids is 2. The number of Topliss-reactive ketones (excluding diaryl/α,β-unsaturated/α-hetero) is 1. The summed E-state index contributed by atoms with van der Waals surface area (Å²) in [5.74, 6) is 4.17. The molecule has 4 aliphatic rings. The maximum atomic E-state index is 11.9. The number of para-hydroxylation sites is 2. The zero-order chi connectivity index (χ0) is 48.4. The van der Waals surface area contributed by atoms with Crippen molar-refractivity contribution < 1.29 is 14.3 Å². The van der Waals surface area contributed by atoms with E-state index in [1.54, 1.807) is 6.92 Å². The van der Waals surface area contributed by atoms with Gasteiger partial charge in [0.15, 0.2) is 0 Å². The highest BCUT2D eigenvalue weighted by molar-refractivity contribution is 6.35. The summed E-state index contributed by atoms with van der Waals surface area (Å²) in [7, 11) is 5.34. The second-order valence-electron chi connectivity index (χ2n) is 19.6. The molecule has 14 rings (SSSR count). The highest BCUT2D eigenvalue weighted by Crippen LogP contribution is 2.54. The van der Waals surface area contributed by atoms with E-state index in [9.17, 15) is 9.59 Å². The molecule has 0 radical (unpaired) electrons. The van der Waals surface area contributed by atoms with Crippen LogP contribution in [-0.2, 0) is 28.4 Å². The monoisotopic (exact) mass is 960 g/mol. The summed E-state index contributed by atoms with van der Waals surface area (Å²) in [5, 5.41) is 24.1. The molecule has 0 N–H and O–H groups in total. The number of fused-ring (bicyclic) bond motifs is 6. The fraction of sp³-hybridized carbons (Fsp3) is 0.273. The largest absolute Gasteiger partial charge is 0.469 e. The minimum Gasteiger partial charge on any atom is -0.469 e. The Bertz CT molecular complexity index is 3760. The zero-order valence-corrected chi connectivity index (χ0v) is 40.6. The number of ketones is 1. The number of piperidine rings is 2. The predicted molar refractivity (Wildman–Crippen MR) is 275 cm³/mol. The van der Waals surface area contributed by atoms with Crippen molar-refractivity contribution in [1.82, 2.24) is 49.1 Å². The summed E-state index contributed by atoms with van der Waals surface area (Å²) in [6, 6.07) is 32.7. The molecule has 16 heteroatoms. The van der Waals surface area contributed by atoms with Gasteiger partial charge in [0, 0.05) is 91.3 Å². The van der Waals surface area contributed by atoms with Crippen molar-refractivity contribution >= 4 is 78.6 Å². The lowest BCUT2D eigenvalue weighted by Crippen LogP contribution is -2.27. The summed E-state index contributed by atoms with van der Waals surface area (Å²) in [5.41, 5.74) is 10.6. The molecular formula is C55H49ClN12O3. The van der Waals surface area contributed by atoms with Gasteiger partial charge in [-0.15, -0.1) is 0 Å². The van der Waals surface area contributed by atoms with Crippen LogP contribution in [-0.4, -0.2) is 94.1 Å². The first-order valence-corrected chi connectivity index (χ1v) is 24.4. The average Bonchev–Trinajstić information content (AvgIpc) is 3.83. The van der Waals surface area contributed by atoms with E-state index in [0.717, 1.165) is 121 Å². The van der Waals surface area contributed by atoms with Crippen molar-refractivity contribution in [3.8, 4) is 33.9 Å². The number of methoxy groups -OCH3 is 1. The summed E-state index contributed by atoms with van der Waals surface area (Å²) in [6.45, 7) is 7.32. The van der Waals surface area contributed by atoms with E-state index in [0.29, 0.717) is 34.5 Å². The lowest BCUT2D eigenvalue weighted by molar-refractivity contribution is -0.142. The van der Waals surface area contributed by atoms with Gasteiger partial charge in [-0.25, -0.2) is 19.3 Å². The van der Waals surface area contributed by atoms with E-state index < -0.39 is 0 Å². The maximum absolute atomic E-state index is 11.9. The number of benzene rings is 4. The Morgan fingerprint density at radius 1 is 0.577 bits per heavy atom. The molecule has 4 fully saturated rings. The number of pyridine rings is 2. The molecular weight excluding hydrogens is 912 g/mol. The number of nitrogens with zero attached hydrogens (tertiary/aromatic N) is 12. The standard InChI is InChI=1S/C28H26N6O2.C27H23ClN6O/c1-16-6-4-8-19-26(18-7-5-9-23-20(18)13-32(2)30-23)31-34(27(16)19)17-10-11-24(29-12-17)33-14-21-22(15-33)25(21)28(35)36-3;1-15(35)25-20-13-33(14-21(20)25)24-10-9-16(11-29-24)34-27-18(6-3-7-22(27)28)26(31-34)17-5-4-8-23-19(17)12-32(2)30-23/h4-13,21-22,25H,14-15H2,1-3H3;3-12,20-21,25H,13-14H2,1-2H3. The number of rotatable bonds is 8. The first-order valence-electron chi connectivity index (χ1n) is 24.0. The number of ether oxygens (including phenoxy) is 1. The van der Waals surface area contributed by atoms with Crippen molar-refractivity contribution in [3.63, 3.8) is 0 Å². The van der Waals surface area contributed by atoms with Crippen molar-refractivity contribution in [2.75, 3.05) is 43.1 Å². The minimum atomic E-state index is -0.0772. The van der Waals surface area contributed by atoms with Crippen molar-refractivity contribution in [2.45, 2.75) is 13.8 Å². The van der Waals surface area contributed by atoms with Crippen LogP contribution in [0.3, 0.4) is 0 Å². The quantitative estimate of drug-likeness (QED) is 0.135. The zero-order valence-electron chi connectivity index (χ0n) is 39.8. The van der Waals surface area contributed by atoms with Gasteiger partial charge in [0.25, 0.3) is 0 Å². The average molecular weight is 962 g/mol. The Morgan fingerprint density at radius 3 is 1.55 bits per heavy atom. The Hall–Kier alpha value is -7.91. The molecule has 10 aromatic rings. The van der Waals surface area contributed by atoms with Gasteiger partial charge in [0.05, 0.1) is 63.9 Å². The van der Waals surface area contributed by atoms with Crippen LogP contribution in [0.1, 0.15) is 12.5 Å². The number of aryl methyl sites for hydroxylation is 3. The lowest BCUT2D eigenvalue weighted by Gasteiger charge is -2.20. The molecule has 2 saturated carbocycles. The van der Waals surface area contributed by atoms with Gasteiger partial charge in [-0.05, 0) is 85.5 Å². The molecule has 71 heavy (non-hydrogen) atoms. The molecule has 6 aromatic heterocycles. The molecule has 4 unspecified atom stereocenters. The van der Waals surface area contributed by atoms with Crippen LogP contribution >= 0.6 is 11.6 Å². The van der Waals surface area contributed by atoms with Crippen LogP contribution in [0.25, 0.3) is 77.5 Å². The third-order valence-corrected chi connectivity index (χ3v) is 15.6. The van der Waals surface area contributed by atoms with Crippen LogP contribution in [0.15, 0.2) is 122 Å².